The number of anilines is 2. The number of nitrogens with zero attached hydrogens (tertiary/aromatic N) is 1. The molecular formula is C21H25N3OS. The number of fused-ring (bicyclic) bond motifs is 1. The van der Waals surface area contributed by atoms with Crippen LogP contribution >= 0.6 is 11.3 Å². The lowest BCUT2D eigenvalue weighted by molar-refractivity contribution is -0.116. The Balaban J connectivity index is 1.70. The normalized spacial score (nSPS) is 14.7. The number of nitrogens with one attached hydrogen (secondary N) is 2. The zero-order valence-corrected chi connectivity index (χ0v) is 16.2. The van der Waals surface area contributed by atoms with E-state index < -0.39 is 0 Å². The van der Waals surface area contributed by atoms with E-state index in [0.717, 1.165) is 43.4 Å². The lowest BCUT2D eigenvalue weighted by Gasteiger charge is -2.15. The van der Waals surface area contributed by atoms with Crippen LogP contribution in [-0.4, -0.2) is 11.9 Å². The topological polar surface area (TPSA) is 64.9 Å². The number of carbonyl (C=O) groups is 1. The molecule has 1 atom stereocenters. The highest BCUT2D eigenvalue weighted by molar-refractivity contribution is 7.16. The second-order valence-electron chi connectivity index (χ2n) is 6.79. The number of carbonyl (C=O) groups excluding carboxylic acids is 1. The Morgan fingerprint density at radius 1 is 1.23 bits per heavy atom. The molecular weight excluding hydrogens is 342 g/mol. The van der Waals surface area contributed by atoms with Gasteiger partial charge in [-0.2, -0.15) is 5.26 Å². The zero-order valence-electron chi connectivity index (χ0n) is 15.4. The summed E-state index contributed by atoms with van der Waals surface area (Å²) in [7, 11) is 0. The highest BCUT2D eigenvalue weighted by atomic mass is 32.1. The molecule has 2 N–H and O–H groups in total. The van der Waals surface area contributed by atoms with Crippen LogP contribution in [-0.2, 0) is 24.1 Å². The fourth-order valence-corrected chi connectivity index (χ4v) is 4.56. The maximum absolute atomic E-state index is 12.6. The summed E-state index contributed by atoms with van der Waals surface area (Å²) in [6.07, 6.45) is 6.46. The second-order valence-corrected chi connectivity index (χ2v) is 7.89. The van der Waals surface area contributed by atoms with E-state index >= 15 is 0 Å². The van der Waals surface area contributed by atoms with E-state index in [2.05, 4.69) is 35.8 Å². The summed E-state index contributed by atoms with van der Waals surface area (Å²) in [5.41, 5.74) is 4.01. The molecule has 1 aromatic heterocycles. The molecule has 1 heterocycles. The monoisotopic (exact) mass is 367 g/mol. The van der Waals surface area contributed by atoms with Crippen molar-refractivity contribution in [3.63, 3.8) is 0 Å². The van der Waals surface area contributed by atoms with Crippen molar-refractivity contribution in [3.05, 3.63) is 45.8 Å². The van der Waals surface area contributed by atoms with Gasteiger partial charge in [0.1, 0.15) is 17.1 Å². The van der Waals surface area contributed by atoms with Crippen molar-refractivity contribution in [1.29, 1.82) is 5.26 Å². The molecule has 136 valence electrons. The summed E-state index contributed by atoms with van der Waals surface area (Å²) in [5, 5.41) is 16.5. The minimum atomic E-state index is -0.379. The van der Waals surface area contributed by atoms with Gasteiger partial charge in [0.05, 0.1) is 5.56 Å². The number of nitriles is 1. The molecule has 2 aromatic rings. The summed E-state index contributed by atoms with van der Waals surface area (Å²) in [4.78, 5) is 13.9. The smallest absolute Gasteiger partial charge is 0.247 e. The van der Waals surface area contributed by atoms with Crippen LogP contribution in [0.4, 0.5) is 10.7 Å². The van der Waals surface area contributed by atoms with E-state index in [0.29, 0.717) is 10.6 Å². The van der Waals surface area contributed by atoms with Gasteiger partial charge in [-0.1, -0.05) is 25.5 Å². The third kappa shape index (κ3) is 4.08. The number of aryl methyl sites for hydroxylation is 2. The molecule has 1 unspecified atom stereocenters. The predicted molar refractivity (Wildman–Crippen MR) is 108 cm³/mol. The van der Waals surface area contributed by atoms with Gasteiger partial charge in [-0.05, 0) is 62.3 Å². The average Bonchev–Trinajstić information content (AvgIpc) is 2.81. The van der Waals surface area contributed by atoms with Crippen LogP contribution in [0, 0.1) is 11.3 Å². The van der Waals surface area contributed by atoms with E-state index in [1.807, 2.05) is 19.1 Å². The molecule has 26 heavy (non-hydrogen) atoms. The van der Waals surface area contributed by atoms with Crippen molar-refractivity contribution < 1.29 is 4.79 Å². The van der Waals surface area contributed by atoms with Gasteiger partial charge in [0.15, 0.2) is 0 Å². The summed E-state index contributed by atoms with van der Waals surface area (Å²) in [6.45, 7) is 3.96. The number of amides is 1. The van der Waals surface area contributed by atoms with E-state index in [9.17, 15) is 10.1 Å². The fraction of sp³-hybridized carbons (Fsp3) is 0.429. The summed E-state index contributed by atoms with van der Waals surface area (Å²) >= 11 is 1.57. The van der Waals surface area contributed by atoms with Crippen LogP contribution in [0.25, 0.3) is 0 Å². The van der Waals surface area contributed by atoms with Gasteiger partial charge in [-0.25, -0.2) is 0 Å². The van der Waals surface area contributed by atoms with Crippen LogP contribution in [0.1, 0.15) is 54.7 Å². The quantitative estimate of drug-likeness (QED) is 0.740. The first-order valence-electron chi connectivity index (χ1n) is 9.33. The van der Waals surface area contributed by atoms with E-state index in [4.69, 9.17) is 0 Å². The Labute approximate surface area is 159 Å². The van der Waals surface area contributed by atoms with Crippen molar-refractivity contribution >= 4 is 27.9 Å². The number of rotatable bonds is 5. The van der Waals surface area contributed by atoms with Crippen molar-refractivity contribution in [2.75, 3.05) is 10.6 Å². The highest BCUT2D eigenvalue weighted by Gasteiger charge is 2.22. The van der Waals surface area contributed by atoms with Crippen LogP contribution in [0.3, 0.4) is 0 Å². The number of hydrogen-bond donors (Lipinski definition) is 2. The lowest BCUT2D eigenvalue weighted by atomic mass is 10.1. The molecule has 0 saturated carbocycles. The third-order valence-electron chi connectivity index (χ3n) is 4.91. The summed E-state index contributed by atoms with van der Waals surface area (Å²) < 4.78 is 0. The maximum Gasteiger partial charge on any atom is 0.247 e. The van der Waals surface area contributed by atoms with Crippen LogP contribution in [0.2, 0.25) is 0 Å². The van der Waals surface area contributed by atoms with Gasteiger partial charge >= 0.3 is 0 Å². The SMILES string of the molecule is CCc1ccc(NC(C)C(=O)Nc2sc3c(c2C#N)CCCCC3)cc1. The van der Waals surface area contributed by atoms with E-state index in [1.54, 1.807) is 11.3 Å². The second kappa shape index (κ2) is 8.37. The highest BCUT2D eigenvalue weighted by Crippen LogP contribution is 2.37. The van der Waals surface area contributed by atoms with Crippen LogP contribution < -0.4 is 10.6 Å². The van der Waals surface area contributed by atoms with Gasteiger partial charge in [0, 0.05) is 10.6 Å². The fourth-order valence-electron chi connectivity index (χ4n) is 3.32. The lowest BCUT2D eigenvalue weighted by Crippen LogP contribution is -2.31. The Morgan fingerprint density at radius 2 is 1.96 bits per heavy atom. The van der Waals surface area contributed by atoms with Gasteiger partial charge in [-0.15, -0.1) is 11.3 Å². The average molecular weight is 368 g/mol. The number of benzene rings is 1. The zero-order chi connectivity index (χ0) is 18.5. The Bertz CT molecular complexity index is 817. The van der Waals surface area contributed by atoms with E-state index in [-0.39, 0.29) is 11.9 Å². The first-order chi connectivity index (χ1) is 12.6. The van der Waals surface area contributed by atoms with Gasteiger partial charge in [0.25, 0.3) is 0 Å². The Hall–Kier alpha value is -2.32. The molecule has 0 aliphatic heterocycles. The minimum absolute atomic E-state index is 0.113. The van der Waals surface area contributed by atoms with Crippen molar-refractivity contribution in [2.24, 2.45) is 0 Å². The third-order valence-corrected chi connectivity index (χ3v) is 6.12. The van der Waals surface area contributed by atoms with Crippen molar-refractivity contribution in [1.82, 2.24) is 0 Å². The molecule has 1 aliphatic carbocycles. The first kappa shape index (κ1) is 18.5. The van der Waals surface area contributed by atoms with E-state index in [1.165, 1.54) is 16.9 Å². The number of thiophene rings is 1. The minimum Gasteiger partial charge on any atom is -0.374 e. The van der Waals surface area contributed by atoms with Crippen LogP contribution in [0.15, 0.2) is 24.3 Å². The molecule has 3 rings (SSSR count). The Morgan fingerprint density at radius 3 is 2.65 bits per heavy atom. The molecule has 0 radical (unpaired) electrons. The van der Waals surface area contributed by atoms with Crippen molar-refractivity contribution in [3.8, 4) is 6.07 Å². The van der Waals surface area contributed by atoms with Gasteiger partial charge in [-0.3, -0.25) is 4.79 Å². The molecule has 1 aromatic carbocycles. The molecule has 1 aliphatic rings. The van der Waals surface area contributed by atoms with Crippen molar-refractivity contribution in [2.45, 2.75) is 58.4 Å². The molecule has 0 bridgehead atoms. The first-order valence-corrected chi connectivity index (χ1v) is 10.1. The molecule has 1 amide bonds. The van der Waals surface area contributed by atoms with Gasteiger partial charge < -0.3 is 10.6 Å². The maximum atomic E-state index is 12.6. The van der Waals surface area contributed by atoms with Gasteiger partial charge in [0.2, 0.25) is 5.91 Å². The molecule has 4 nitrogen and oxygen atoms in total. The number of hydrogen-bond acceptors (Lipinski definition) is 4. The summed E-state index contributed by atoms with van der Waals surface area (Å²) in [5.74, 6) is -0.113. The molecule has 0 spiro atoms. The standard InChI is InChI=1S/C21H25N3OS/c1-3-15-9-11-16(12-10-15)23-14(2)20(25)24-21-18(13-22)17-7-5-4-6-8-19(17)26-21/h9-12,14,23H,3-8H2,1-2H3,(H,24,25). The van der Waals surface area contributed by atoms with Crippen LogP contribution in [0.5, 0.6) is 0 Å². The molecule has 5 heteroatoms. The largest absolute Gasteiger partial charge is 0.374 e. The molecule has 0 fully saturated rings. The summed E-state index contributed by atoms with van der Waals surface area (Å²) in [6, 6.07) is 10.1. The predicted octanol–water partition coefficient (Wildman–Crippen LogP) is 4.89. The molecule has 0 saturated heterocycles. The Kier molecular flexibility index (Phi) is 5.95.